The summed E-state index contributed by atoms with van der Waals surface area (Å²) in [4.78, 5) is 4.24. The standard InChI is InChI=1S/C13H21ClN4O2S.HI/c1-2-3-7-16-13(15)17-8-9-18-21(19,20)12-6-4-5-11(14)10-12;/h4-6,10,18H,2-3,7-9H2,1H3,(H3,15,16,17);1H. The molecule has 4 N–H and O–H groups in total. The van der Waals surface area contributed by atoms with Crippen LogP contribution in [0.15, 0.2) is 34.2 Å². The monoisotopic (exact) mass is 460 g/mol. The molecular weight excluding hydrogens is 439 g/mol. The van der Waals surface area contributed by atoms with Gasteiger partial charge in [0.05, 0.1) is 4.90 Å². The van der Waals surface area contributed by atoms with E-state index in [1.807, 2.05) is 0 Å². The first-order valence-electron chi connectivity index (χ1n) is 6.74. The molecule has 0 unspecified atom stereocenters. The summed E-state index contributed by atoms with van der Waals surface area (Å²) in [6.07, 6.45) is 2.03. The lowest BCUT2D eigenvalue weighted by Crippen LogP contribution is -2.38. The van der Waals surface area contributed by atoms with Crippen LogP contribution in [0.3, 0.4) is 0 Å². The second-order valence-electron chi connectivity index (χ2n) is 4.40. The topological polar surface area (TPSA) is 96.6 Å². The highest BCUT2D eigenvalue weighted by atomic mass is 127. The number of nitrogens with zero attached hydrogens (tertiary/aromatic N) is 1. The summed E-state index contributed by atoms with van der Waals surface area (Å²) in [6, 6.07) is 6.10. The normalized spacial score (nSPS) is 11.8. The maximum Gasteiger partial charge on any atom is 0.240 e. The van der Waals surface area contributed by atoms with Crippen molar-refractivity contribution in [2.45, 2.75) is 24.7 Å². The van der Waals surface area contributed by atoms with Crippen LogP contribution in [-0.2, 0) is 10.0 Å². The van der Waals surface area contributed by atoms with Crippen molar-refractivity contribution >= 4 is 51.6 Å². The lowest BCUT2D eigenvalue weighted by atomic mass is 10.3. The zero-order chi connectivity index (χ0) is 15.7. The van der Waals surface area contributed by atoms with Gasteiger partial charge in [-0.1, -0.05) is 31.0 Å². The van der Waals surface area contributed by atoms with Crippen molar-refractivity contribution in [2.75, 3.05) is 19.6 Å². The Kier molecular flexibility index (Phi) is 10.7. The molecule has 9 heteroatoms. The summed E-state index contributed by atoms with van der Waals surface area (Å²) in [5, 5.41) is 3.23. The second-order valence-corrected chi connectivity index (χ2v) is 6.61. The van der Waals surface area contributed by atoms with Gasteiger partial charge < -0.3 is 11.1 Å². The highest BCUT2D eigenvalue weighted by molar-refractivity contribution is 14.0. The summed E-state index contributed by atoms with van der Waals surface area (Å²) in [6.45, 7) is 3.31. The van der Waals surface area contributed by atoms with Crippen molar-refractivity contribution in [1.29, 1.82) is 0 Å². The minimum atomic E-state index is -3.56. The van der Waals surface area contributed by atoms with Gasteiger partial charge in [0.15, 0.2) is 5.96 Å². The highest BCUT2D eigenvalue weighted by Gasteiger charge is 2.13. The van der Waals surface area contributed by atoms with Gasteiger partial charge in [0.2, 0.25) is 10.0 Å². The zero-order valence-corrected chi connectivity index (χ0v) is 16.3. The third-order valence-electron chi connectivity index (χ3n) is 2.62. The SMILES string of the molecule is CCCCN=C(N)NCCNS(=O)(=O)c1cccc(Cl)c1.I. The minimum absolute atomic E-state index is 0. The van der Waals surface area contributed by atoms with E-state index in [-0.39, 0.29) is 35.4 Å². The van der Waals surface area contributed by atoms with Crippen molar-refractivity contribution in [1.82, 2.24) is 10.0 Å². The Hall–Kier alpha value is -0.580. The van der Waals surface area contributed by atoms with Gasteiger partial charge in [-0.3, -0.25) is 4.99 Å². The number of aliphatic imine (C=N–C) groups is 1. The van der Waals surface area contributed by atoms with Crippen LogP contribution in [0.25, 0.3) is 0 Å². The van der Waals surface area contributed by atoms with Crippen LogP contribution < -0.4 is 15.8 Å². The fourth-order valence-corrected chi connectivity index (χ4v) is 2.84. The first-order valence-corrected chi connectivity index (χ1v) is 8.61. The van der Waals surface area contributed by atoms with Gasteiger partial charge in [0, 0.05) is 24.7 Å². The fourth-order valence-electron chi connectivity index (χ4n) is 1.51. The number of guanidine groups is 1. The predicted octanol–water partition coefficient (Wildman–Crippen LogP) is 1.94. The Morgan fingerprint density at radius 1 is 1.36 bits per heavy atom. The average molecular weight is 461 g/mol. The molecule has 22 heavy (non-hydrogen) atoms. The van der Waals surface area contributed by atoms with Gasteiger partial charge in [-0.05, 0) is 24.6 Å². The number of halogens is 2. The molecule has 0 radical (unpaired) electrons. The molecule has 0 bridgehead atoms. The van der Waals surface area contributed by atoms with Crippen molar-refractivity contribution in [3.63, 3.8) is 0 Å². The van der Waals surface area contributed by atoms with Gasteiger partial charge >= 0.3 is 0 Å². The Balaban J connectivity index is 0.00000441. The Bertz CT molecular complexity index is 581. The highest BCUT2D eigenvalue weighted by Crippen LogP contribution is 2.14. The van der Waals surface area contributed by atoms with Crippen molar-refractivity contribution in [2.24, 2.45) is 10.7 Å². The molecule has 0 fully saturated rings. The molecule has 0 spiro atoms. The molecule has 6 nitrogen and oxygen atoms in total. The molecule has 0 atom stereocenters. The van der Waals surface area contributed by atoms with E-state index >= 15 is 0 Å². The van der Waals surface area contributed by atoms with Crippen LogP contribution in [0.4, 0.5) is 0 Å². The van der Waals surface area contributed by atoms with Gasteiger partial charge in [-0.15, -0.1) is 24.0 Å². The maximum absolute atomic E-state index is 12.0. The summed E-state index contributed by atoms with van der Waals surface area (Å²) in [5.74, 6) is 0.324. The molecule has 0 aromatic heterocycles. The van der Waals surface area contributed by atoms with E-state index in [4.69, 9.17) is 17.3 Å². The maximum atomic E-state index is 12.0. The number of hydrogen-bond acceptors (Lipinski definition) is 3. The summed E-state index contributed by atoms with van der Waals surface area (Å²) < 4.78 is 26.4. The summed E-state index contributed by atoms with van der Waals surface area (Å²) in [7, 11) is -3.56. The van der Waals surface area contributed by atoms with Crippen LogP contribution in [0, 0.1) is 0 Å². The summed E-state index contributed by atoms with van der Waals surface area (Å²) in [5.41, 5.74) is 5.64. The van der Waals surface area contributed by atoms with Crippen LogP contribution in [-0.4, -0.2) is 34.0 Å². The van der Waals surface area contributed by atoms with Crippen molar-refractivity contribution < 1.29 is 8.42 Å². The van der Waals surface area contributed by atoms with E-state index in [0.29, 0.717) is 24.1 Å². The first-order chi connectivity index (χ1) is 9.95. The predicted molar refractivity (Wildman–Crippen MR) is 101 cm³/mol. The number of hydrogen-bond donors (Lipinski definition) is 3. The lowest BCUT2D eigenvalue weighted by molar-refractivity contribution is 0.581. The molecule has 1 rings (SSSR count). The molecule has 0 amide bonds. The van der Waals surface area contributed by atoms with Gasteiger partial charge in [0.25, 0.3) is 0 Å². The zero-order valence-electron chi connectivity index (χ0n) is 12.4. The van der Waals surface area contributed by atoms with E-state index < -0.39 is 10.0 Å². The van der Waals surface area contributed by atoms with Crippen molar-refractivity contribution in [3.05, 3.63) is 29.3 Å². The lowest BCUT2D eigenvalue weighted by Gasteiger charge is -2.08. The van der Waals surface area contributed by atoms with Crippen LogP contribution in [0.5, 0.6) is 0 Å². The molecule has 1 aromatic rings. The number of sulfonamides is 1. The van der Waals surface area contributed by atoms with E-state index in [1.165, 1.54) is 12.1 Å². The van der Waals surface area contributed by atoms with E-state index in [2.05, 4.69) is 22.0 Å². The van der Waals surface area contributed by atoms with E-state index in [1.54, 1.807) is 12.1 Å². The Morgan fingerprint density at radius 2 is 2.09 bits per heavy atom. The number of nitrogens with two attached hydrogens (primary N) is 1. The van der Waals surface area contributed by atoms with Gasteiger partial charge in [-0.2, -0.15) is 0 Å². The second kappa shape index (κ2) is 11.0. The van der Waals surface area contributed by atoms with Crippen LogP contribution in [0.1, 0.15) is 19.8 Å². The van der Waals surface area contributed by atoms with Crippen LogP contribution in [0.2, 0.25) is 5.02 Å². The molecular formula is C13H22ClIN4O2S. The van der Waals surface area contributed by atoms with E-state index in [0.717, 1.165) is 12.8 Å². The average Bonchev–Trinajstić information content (AvgIpc) is 2.44. The van der Waals surface area contributed by atoms with Gasteiger partial charge in [-0.25, -0.2) is 13.1 Å². The first kappa shape index (κ1) is 21.4. The molecule has 126 valence electrons. The Labute approximate surface area is 154 Å². The molecule has 0 aliphatic heterocycles. The quantitative estimate of drug-likeness (QED) is 0.239. The third kappa shape index (κ3) is 8.16. The van der Waals surface area contributed by atoms with Crippen molar-refractivity contribution in [3.8, 4) is 0 Å². The number of rotatable bonds is 8. The fraction of sp³-hybridized carbons (Fsp3) is 0.462. The summed E-state index contributed by atoms with van der Waals surface area (Å²) >= 11 is 5.78. The number of nitrogens with one attached hydrogen (secondary N) is 2. The van der Waals surface area contributed by atoms with Gasteiger partial charge in [0.1, 0.15) is 0 Å². The largest absolute Gasteiger partial charge is 0.370 e. The molecule has 1 aromatic carbocycles. The Morgan fingerprint density at radius 3 is 2.73 bits per heavy atom. The molecule has 0 aliphatic rings. The minimum Gasteiger partial charge on any atom is -0.370 e. The van der Waals surface area contributed by atoms with E-state index in [9.17, 15) is 8.42 Å². The number of benzene rings is 1. The van der Waals surface area contributed by atoms with Crippen LogP contribution >= 0.6 is 35.6 Å². The molecule has 0 heterocycles. The number of unbranched alkanes of at least 4 members (excludes halogenated alkanes) is 1. The molecule has 0 aliphatic carbocycles. The smallest absolute Gasteiger partial charge is 0.240 e. The third-order valence-corrected chi connectivity index (χ3v) is 4.32. The molecule has 0 saturated heterocycles. The molecule has 0 saturated carbocycles.